The topological polar surface area (TPSA) is 50.5 Å². The molecule has 0 aliphatic carbocycles. The SMILES string of the molecule is CC(c1cc2ccccc2o1)N(C)S(=O)(=O)c1cc(Cl)sc1Cl. The van der Waals surface area contributed by atoms with Crippen LogP contribution in [-0.4, -0.2) is 19.8 Å². The molecule has 0 radical (unpaired) electrons. The minimum Gasteiger partial charge on any atom is -0.459 e. The predicted molar refractivity (Wildman–Crippen MR) is 93.9 cm³/mol. The molecule has 2 aromatic heterocycles. The van der Waals surface area contributed by atoms with Crippen molar-refractivity contribution >= 4 is 55.5 Å². The molecule has 0 saturated heterocycles. The zero-order chi connectivity index (χ0) is 16.8. The van der Waals surface area contributed by atoms with Crippen molar-refractivity contribution in [1.82, 2.24) is 4.31 Å². The first kappa shape index (κ1) is 16.8. The number of fused-ring (bicyclic) bond motifs is 1. The Bertz CT molecular complexity index is 929. The van der Waals surface area contributed by atoms with E-state index in [2.05, 4.69) is 0 Å². The van der Waals surface area contributed by atoms with Crippen LogP contribution in [0.3, 0.4) is 0 Å². The van der Waals surface area contributed by atoms with Crippen LogP contribution >= 0.6 is 34.5 Å². The van der Waals surface area contributed by atoms with Crippen LogP contribution in [0.15, 0.2) is 45.7 Å². The first-order chi connectivity index (χ1) is 10.8. The highest BCUT2D eigenvalue weighted by atomic mass is 35.5. The molecule has 3 rings (SSSR count). The molecular formula is C15H13Cl2NO3S2. The fourth-order valence-corrected chi connectivity index (χ4v) is 5.70. The van der Waals surface area contributed by atoms with Gasteiger partial charge in [0.15, 0.2) is 0 Å². The maximum absolute atomic E-state index is 12.7. The number of furan rings is 1. The number of sulfonamides is 1. The van der Waals surface area contributed by atoms with Crippen LogP contribution in [0.1, 0.15) is 18.7 Å². The lowest BCUT2D eigenvalue weighted by molar-refractivity contribution is 0.348. The normalized spacial score (nSPS) is 13.8. The summed E-state index contributed by atoms with van der Waals surface area (Å²) in [4.78, 5) is 0.0135. The second-order valence-corrected chi connectivity index (χ2v) is 9.32. The molecule has 23 heavy (non-hydrogen) atoms. The van der Waals surface area contributed by atoms with Gasteiger partial charge in [-0.2, -0.15) is 4.31 Å². The zero-order valence-electron chi connectivity index (χ0n) is 12.3. The Morgan fingerprint density at radius 2 is 1.91 bits per heavy atom. The monoisotopic (exact) mass is 389 g/mol. The van der Waals surface area contributed by atoms with Crippen molar-refractivity contribution in [2.24, 2.45) is 0 Å². The Kier molecular flexibility index (Phi) is 4.46. The molecule has 0 fully saturated rings. The number of halogens is 2. The van der Waals surface area contributed by atoms with E-state index in [1.807, 2.05) is 30.3 Å². The van der Waals surface area contributed by atoms with Crippen LogP contribution in [-0.2, 0) is 10.0 Å². The third kappa shape index (κ3) is 3.02. The van der Waals surface area contributed by atoms with Gasteiger partial charge in [-0.05, 0) is 25.1 Å². The third-order valence-electron chi connectivity index (χ3n) is 3.68. The Hall–Kier alpha value is -1.05. The van der Waals surface area contributed by atoms with E-state index in [4.69, 9.17) is 27.6 Å². The number of hydrogen-bond donors (Lipinski definition) is 0. The Labute approximate surface area is 148 Å². The molecule has 0 bridgehead atoms. The number of nitrogens with zero attached hydrogens (tertiary/aromatic N) is 1. The molecule has 0 N–H and O–H groups in total. The van der Waals surface area contributed by atoms with E-state index in [1.54, 1.807) is 6.92 Å². The molecule has 4 nitrogen and oxygen atoms in total. The molecule has 1 atom stereocenters. The number of benzene rings is 1. The van der Waals surface area contributed by atoms with Gasteiger partial charge in [-0.3, -0.25) is 0 Å². The highest BCUT2D eigenvalue weighted by molar-refractivity contribution is 7.89. The maximum Gasteiger partial charge on any atom is 0.245 e. The maximum atomic E-state index is 12.7. The molecule has 0 aliphatic rings. The average molecular weight is 390 g/mol. The number of thiophene rings is 1. The van der Waals surface area contributed by atoms with Crippen LogP contribution < -0.4 is 0 Å². The van der Waals surface area contributed by atoms with Gasteiger partial charge in [-0.15, -0.1) is 11.3 Å². The second-order valence-electron chi connectivity index (χ2n) is 5.07. The van der Waals surface area contributed by atoms with Crippen molar-refractivity contribution in [1.29, 1.82) is 0 Å². The van der Waals surface area contributed by atoms with Gasteiger partial charge >= 0.3 is 0 Å². The van der Waals surface area contributed by atoms with Gasteiger partial charge in [0.2, 0.25) is 10.0 Å². The summed E-state index contributed by atoms with van der Waals surface area (Å²) in [7, 11) is -2.27. The molecule has 8 heteroatoms. The zero-order valence-corrected chi connectivity index (χ0v) is 15.4. The van der Waals surface area contributed by atoms with Gasteiger partial charge in [0.05, 0.1) is 10.4 Å². The number of para-hydroxylation sites is 1. The highest BCUT2D eigenvalue weighted by Crippen LogP contribution is 2.38. The average Bonchev–Trinajstić information content (AvgIpc) is 3.08. The van der Waals surface area contributed by atoms with Gasteiger partial charge in [-0.1, -0.05) is 41.4 Å². The lowest BCUT2D eigenvalue weighted by Crippen LogP contribution is -2.29. The molecule has 3 aromatic rings. The summed E-state index contributed by atoms with van der Waals surface area (Å²) in [6, 6.07) is 10.3. The van der Waals surface area contributed by atoms with Crippen molar-refractivity contribution < 1.29 is 12.8 Å². The van der Waals surface area contributed by atoms with E-state index in [1.165, 1.54) is 17.4 Å². The summed E-state index contributed by atoms with van der Waals surface area (Å²) in [5.41, 5.74) is 0.719. The van der Waals surface area contributed by atoms with Crippen LogP contribution in [0.25, 0.3) is 11.0 Å². The highest BCUT2D eigenvalue weighted by Gasteiger charge is 2.31. The standard InChI is InChI=1S/C15H13Cl2NO3S2/c1-9(12-7-10-5-3-4-6-11(10)21-12)18(2)23(19,20)13-8-14(16)22-15(13)17/h3-9H,1-2H3. The van der Waals surface area contributed by atoms with E-state index in [0.29, 0.717) is 10.1 Å². The largest absolute Gasteiger partial charge is 0.459 e. The third-order valence-corrected chi connectivity index (χ3v) is 7.37. The van der Waals surface area contributed by atoms with E-state index >= 15 is 0 Å². The second kappa shape index (κ2) is 6.11. The fourth-order valence-electron chi connectivity index (χ4n) is 2.25. The lowest BCUT2D eigenvalue weighted by atomic mass is 10.2. The van der Waals surface area contributed by atoms with Gasteiger partial charge in [0.1, 0.15) is 20.6 Å². The fraction of sp³-hybridized carbons (Fsp3) is 0.200. The summed E-state index contributed by atoms with van der Waals surface area (Å²) in [5.74, 6) is 0.565. The van der Waals surface area contributed by atoms with Crippen LogP contribution in [0.5, 0.6) is 0 Å². The Balaban J connectivity index is 1.98. The van der Waals surface area contributed by atoms with Crippen molar-refractivity contribution in [2.75, 3.05) is 7.05 Å². The minimum atomic E-state index is -3.77. The van der Waals surface area contributed by atoms with Gasteiger partial charge in [-0.25, -0.2) is 8.42 Å². The summed E-state index contributed by atoms with van der Waals surface area (Å²) >= 11 is 12.9. The van der Waals surface area contributed by atoms with E-state index < -0.39 is 16.1 Å². The van der Waals surface area contributed by atoms with Crippen LogP contribution in [0.4, 0.5) is 0 Å². The first-order valence-corrected chi connectivity index (χ1v) is 9.73. The molecule has 1 aromatic carbocycles. The van der Waals surface area contributed by atoms with Crippen LogP contribution in [0, 0.1) is 0 Å². The van der Waals surface area contributed by atoms with Gasteiger partial charge < -0.3 is 4.42 Å². The molecule has 0 aliphatic heterocycles. The van der Waals surface area contributed by atoms with E-state index in [0.717, 1.165) is 22.3 Å². The quantitative estimate of drug-likeness (QED) is 0.617. The van der Waals surface area contributed by atoms with Crippen molar-refractivity contribution in [3.63, 3.8) is 0 Å². The summed E-state index contributed by atoms with van der Waals surface area (Å²) in [6.45, 7) is 1.76. The van der Waals surface area contributed by atoms with Gasteiger partial charge in [0.25, 0.3) is 0 Å². The molecule has 0 spiro atoms. The van der Waals surface area contributed by atoms with Gasteiger partial charge in [0, 0.05) is 12.4 Å². The molecular weight excluding hydrogens is 377 g/mol. The van der Waals surface area contributed by atoms with Crippen LogP contribution in [0.2, 0.25) is 8.67 Å². The number of hydrogen-bond acceptors (Lipinski definition) is 4. The first-order valence-electron chi connectivity index (χ1n) is 6.72. The molecule has 1 unspecified atom stereocenters. The van der Waals surface area contributed by atoms with Crippen molar-refractivity contribution in [3.05, 3.63) is 50.8 Å². The summed E-state index contributed by atoms with van der Waals surface area (Å²) in [5, 5.41) is 0.928. The molecule has 122 valence electrons. The number of rotatable bonds is 4. The summed E-state index contributed by atoms with van der Waals surface area (Å²) < 4.78 is 33.0. The van der Waals surface area contributed by atoms with E-state index in [-0.39, 0.29) is 9.23 Å². The predicted octanol–water partition coefficient (Wildman–Crippen LogP) is 5.18. The smallest absolute Gasteiger partial charge is 0.245 e. The summed E-state index contributed by atoms with van der Waals surface area (Å²) in [6.07, 6.45) is 0. The Morgan fingerprint density at radius 3 is 2.52 bits per heavy atom. The van der Waals surface area contributed by atoms with E-state index in [9.17, 15) is 8.42 Å². The molecule has 0 amide bonds. The minimum absolute atomic E-state index is 0.0135. The Morgan fingerprint density at radius 1 is 1.22 bits per heavy atom. The molecule has 0 saturated carbocycles. The lowest BCUT2D eigenvalue weighted by Gasteiger charge is -2.22. The molecule has 2 heterocycles. The van der Waals surface area contributed by atoms with Crippen molar-refractivity contribution in [3.8, 4) is 0 Å². The van der Waals surface area contributed by atoms with Crippen molar-refractivity contribution in [2.45, 2.75) is 17.9 Å².